The van der Waals surface area contributed by atoms with E-state index in [0.717, 1.165) is 23.9 Å². The highest BCUT2D eigenvalue weighted by Gasteiger charge is 2.46. The molecule has 1 aromatic rings. The van der Waals surface area contributed by atoms with Crippen LogP contribution in [0.5, 0.6) is 0 Å². The lowest BCUT2D eigenvalue weighted by molar-refractivity contribution is -0.173. The van der Waals surface area contributed by atoms with Crippen LogP contribution in [0.15, 0.2) is 6.07 Å². The van der Waals surface area contributed by atoms with E-state index in [9.17, 15) is 18.0 Å². The van der Waals surface area contributed by atoms with Crippen molar-refractivity contribution in [3.63, 3.8) is 0 Å². The van der Waals surface area contributed by atoms with Gasteiger partial charge < -0.3 is 10.2 Å². The Kier molecular flexibility index (Phi) is 4.97. The topological polar surface area (TPSA) is 50.2 Å². The van der Waals surface area contributed by atoms with Crippen molar-refractivity contribution in [2.45, 2.75) is 76.7 Å². The highest BCUT2D eigenvalue weighted by atomic mass is 19.4. The molecule has 0 aromatic carbocycles. The van der Waals surface area contributed by atoms with Gasteiger partial charge in [0.05, 0.1) is 11.7 Å². The molecule has 3 rings (SSSR count). The van der Waals surface area contributed by atoms with E-state index in [2.05, 4.69) is 10.4 Å². The molecule has 1 aromatic heterocycles. The molecule has 0 saturated carbocycles. The van der Waals surface area contributed by atoms with E-state index in [1.54, 1.807) is 11.0 Å². The largest absolute Gasteiger partial charge is 0.410 e. The molecule has 1 unspecified atom stereocenters. The van der Waals surface area contributed by atoms with Gasteiger partial charge in [-0.25, -0.2) is 4.68 Å². The van der Waals surface area contributed by atoms with Gasteiger partial charge in [-0.3, -0.25) is 4.79 Å². The molecular formula is C17H25F3N4O. The van der Waals surface area contributed by atoms with Crippen LogP contribution >= 0.6 is 0 Å². The first kappa shape index (κ1) is 18.1. The van der Waals surface area contributed by atoms with Crippen LogP contribution in [-0.4, -0.2) is 39.4 Å². The average Bonchev–Trinajstić information content (AvgIpc) is 3.19. The summed E-state index contributed by atoms with van der Waals surface area (Å²) >= 11 is 0. The van der Waals surface area contributed by atoms with Crippen LogP contribution < -0.4 is 5.32 Å². The first-order valence-electron chi connectivity index (χ1n) is 9.07. The number of likely N-dealkylation sites (tertiary alicyclic amines) is 1. The molecule has 8 heteroatoms. The number of fused-ring (bicyclic) bond motifs is 1. The van der Waals surface area contributed by atoms with Crippen molar-refractivity contribution in [2.24, 2.45) is 0 Å². The number of rotatable bonds is 4. The Morgan fingerprint density at radius 1 is 1.40 bits per heavy atom. The molecule has 140 valence electrons. The number of nitrogens with zero attached hydrogens (tertiary/aromatic N) is 3. The van der Waals surface area contributed by atoms with Crippen LogP contribution in [-0.2, 0) is 4.79 Å². The maximum Gasteiger partial charge on any atom is 0.410 e. The van der Waals surface area contributed by atoms with Crippen LogP contribution in [0, 0.1) is 0 Å². The van der Waals surface area contributed by atoms with Crippen LogP contribution in [0.3, 0.4) is 0 Å². The van der Waals surface area contributed by atoms with Gasteiger partial charge in [0, 0.05) is 25.1 Å². The van der Waals surface area contributed by atoms with E-state index in [0.29, 0.717) is 30.9 Å². The molecule has 0 spiro atoms. The summed E-state index contributed by atoms with van der Waals surface area (Å²) in [5.74, 6) is 0.466. The second-order valence-corrected chi connectivity index (χ2v) is 6.94. The number of amides is 1. The first-order valence-corrected chi connectivity index (χ1v) is 9.07. The smallest absolute Gasteiger partial charge is 0.367 e. The number of aromatic nitrogens is 2. The third-order valence-electron chi connectivity index (χ3n) is 5.16. The molecule has 3 atom stereocenters. The third kappa shape index (κ3) is 3.48. The summed E-state index contributed by atoms with van der Waals surface area (Å²) in [6.45, 7) is 4.47. The molecule has 2 aliphatic heterocycles. The van der Waals surface area contributed by atoms with E-state index in [1.807, 2.05) is 13.8 Å². The summed E-state index contributed by atoms with van der Waals surface area (Å²) in [5.41, 5.74) is 0.565. The highest BCUT2D eigenvalue weighted by Crippen LogP contribution is 2.42. The van der Waals surface area contributed by atoms with Gasteiger partial charge in [0.1, 0.15) is 5.82 Å². The second-order valence-electron chi connectivity index (χ2n) is 6.94. The molecule has 25 heavy (non-hydrogen) atoms. The number of alkyl halides is 3. The summed E-state index contributed by atoms with van der Waals surface area (Å²) in [7, 11) is 0. The monoisotopic (exact) mass is 358 g/mol. The van der Waals surface area contributed by atoms with E-state index < -0.39 is 12.2 Å². The molecule has 5 nitrogen and oxygen atoms in total. The Morgan fingerprint density at radius 3 is 2.80 bits per heavy atom. The minimum Gasteiger partial charge on any atom is -0.367 e. The van der Waals surface area contributed by atoms with Crippen molar-refractivity contribution < 1.29 is 18.0 Å². The maximum absolute atomic E-state index is 13.5. The molecule has 0 bridgehead atoms. The number of anilines is 1. The van der Waals surface area contributed by atoms with E-state index >= 15 is 0 Å². The lowest BCUT2D eigenvalue weighted by Gasteiger charge is -2.32. The van der Waals surface area contributed by atoms with Gasteiger partial charge in [-0.2, -0.15) is 18.3 Å². The highest BCUT2D eigenvalue weighted by molar-refractivity contribution is 5.77. The van der Waals surface area contributed by atoms with Crippen LogP contribution in [0.1, 0.15) is 70.2 Å². The zero-order chi connectivity index (χ0) is 18.2. The lowest BCUT2D eigenvalue weighted by Crippen LogP contribution is -2.39. The minimum absolute atomic E-state index is 0.0166. The summed E-state index contributed by atoms with van der Waals surface area (Å²) < 4.78 is 41.5. The number of halogens is 3. The number of hydrogen-bond acceptors (Lipinski definition) is 3. The number of hydrogen-bond donors (Lipinski definition) is 1. The summed E-state index contributed by atoms with van der Waals surface area (Å²) in [5, 5.41) is 7.44. The van der Waals surface area contributed by atoms with Gasteiger partial charge in [-0.1, -0.05) is 13.8 Å². The fourth-order valence-electron chi connectivity index (χ4n) is 3.83. The molecule has 3 heterocycles. The minimum atomic E-state index is -4.33. The van der Waals surface area contributed by atoms with Crippen molar-refractivity contribution in [2.75, 3.05) is 11.9 Å². The molecule has 1 N–H and O–H groups in total. The van der Waals surface area contributed by atoms with Crippen LogP contribution in [0.4, 0.5) is 19.0 Å². The van der Waals surface area contributed by atoms with Gasteiger partial charge in [0.15, 0.2) is 6.04 Å². The Hall–Kier alpha value is -1.73. The van der Waals surface area contributed by atoms with Crippen LogP contribution in [0.25, 0.3) is 0 Å². The zero-order valence-electron chi connectivity index (χ0n) is 14.6. The SMILES string of the molecule is CCCC(=O)N1CCCC1c1cc2n(n1)[C@@H](C(F)(F)F)C[C@@H](CC)N2. The molecule has 0 radical (unpaired) electrons. The van der Waals surface area contributed by atoms with Crippen molar-refractivity contribution in [3.8, 4) is 0 Å². The molecule has 0 aliphatic carbocycles. The number of carbonyl (C=O) groups is 1. The number of nitrogens with one attached hydrogen (secondary N) is 1. The van der Waals surface area contributed by atoms with Crippen molar-refractivity contribution >= 4 is 11.7 Å². The van der Waals surface area contributed by atoms with Gasteiger partial charge >= 0.3 is 6.18 Å². The van der Waals surface area contributed by atoms with Crippen molar-refractivity contribution in [1.29, 1.82) is 0 Å². The molecule has 1 amide bonds. The Labute approximate surface area is 145 Å². The van der Waals surface area contributed by atoms with Gasteiger partial charge in [-0.05, 0) is 32.1 Å². The van der Waals surface area contributed by atoms with Crippen molar-refractivity contribution in [3.05, 3.63) is 11.8 Å². The average molecular weight is 358 g/mol. The standard InChI is InChI=1S/C17H25F3N4O/c1-3-6-16(25)23-8-5-7-13(23)12-10-15-21-11(4-2)9-14(17(18,19)20)24(15)22-12/h10-11,13-14,21H,3-9H2,1-2H3/t11-,13?,14-/m1/s1. The van der Waals surface area contributed by atoms with E-state index in [4.69, 9.17) is 0 Å². The van der Waals surface area contributed by atoms with E-state index in [-0.39, 0.29) is 24.4 Å². The van der Waals surface area contributed by atoms with Gasteiger partial charge in [0.2, 0.25) is 5.91 Å². The fourth-order valence-corrected chi connectivity index (χ4v) is 3.83. The maximum atomic E-state index is 13.5. The van der Waals surface area contributed by atoms with E-state index in [1.165, 1.54) is 0 Å². The lowest BCUT2D eigenvalue weighted by atomic mass is 10.0. The molecule has 1 fully saturated rings. The summed E-state index contributed by atoms with van der Waals surface area (Å²) in [6, 6.07) is -0.343. The number of carbonyl (C=O) groups excluding carboxylic acids is 1. The van der Waals surface area contributed by atoms with Crippen molar-refractivity contribution in [1.82, 2.24) is 14.7 Å². The zero-order valence-corrected chi connectivity index (χ0v) is 14.6. The Bertz CT molecular complexity index is 628. The summed E-state index contributed by atoms with van der Waals surface area (Å²) in [6.07, 6.45) is -0.894. The quantitative estimate of drug-likeness (QED) is 0.884. The van der Waals surface area contributed by atoms with Gasteiger partial charge in [-0.15, -0.1) is 0 Å². The fraction of sp³-hybridized carbons (Fsp3) is 0.765. The molecular weight excluding hydrogens is 333 g/mol. The van der Waals surface area contributed by atoms with Gasteiger partial charge in [0.25, 0.3) is 0 Å². The third-order valence-corrected chi connectivity index (χ3v) is 5.16. The molecule has 1 saturated heterocycles. The molecule has 2 aliphatic rings. The first-order chi connectivity index (χ1) is 11.8. The Balaban J connectivity index is 1.90. The second kappa shape index (κ2) is 6.88. The predicted molar refractivity (Wildman–Crippen MR) is 88.2 cm³/mol. The summed E-state index contributed by atoms with van der Waals surface area (Å²) in [4.78, 5) is 14.1. The van der Waals surface area contributed by atoms with Crippen LogP contribution in [0.2, 0.25) is 0 Å². The predicted octanol–water partition coefficient (Wildman–Crippen LogP) is 4.04. The Morgan fingerprint density at radius 2 is 2.16 bits per heavy atom. The normalized spacial score (nSPS) is 26.4.